The van der Waals surface area contributed by atoms with Crippen LogP contribution in [-0.2, 0) is 0 Å². The van der Waals surface area contributed by atoms with Gasteiger partial charge in [0.05, 0.1) is 12.1 Å². The second-order valence-electron chi connectivity index (χ2n) is 2.93. The fourth-order valence-electron chi connectivity index (χ4n) is 1.41. The Morgan fingerprint density at radius 1 is 1.67 bits per heavy atom. The molecule has 0 radical (unpaired) electrons. The summed E-state index contributed by atoms with van der Waals surface area (Å²) in [5.74, 6) is 0.708. The first kappa shape index (κ1) is 6.57. The molecular formula is C7H12N2. The van der Waals surface area contributed by atoms with Crippen LogP contribution >= 0.6 is 0 Å². The molecule has 1 heterocycles. The maximum atomic E-state index is 8.56. The number of rotatable bonds is 0. The van der Waals surface area contributed by atoms with Crippen molar-refractivity contribution in [3.63, 3.8) is 0 Å². The van der Waals surface area contributed by atoms with Crippen molar-refractivity contribution in [1.82, 2.24) is 4.90 Å². The van der Waals surface area contributed by atoms with Crippen LogP contribution in [0.4, 0.5) is 0 Å². The van der Waals surface area contributed by atoms with Gasteiger partial charge in [0.25, 0.3) is 0 Å². The minimum atomic E-state index is 0.181. The molecule has 0 aliphatic carbocycles. The second-order valence-corrected chi connectivity index (χ2v) is 2.93. The van der Waals surface area contributed by atoms with Crippen molar-refractivity contribution in [2.24, 2.45) is 5.92 Å². The SMILES string of the molecule is CC1C[C@@H](C#N)N(C)C1. The molecule has 50 valence electrons. The number of nitriles is 1. The molecular weight excluding hydrogens is 112 g/mol. The Kier molecular flexibility index (Phi) is 1.73. The van der Waals surface area contributed by atoms with Crippen LogP contribution in [-0.4, -0.2) is 24.5 Å². The lowest BCUT2D eigenvalue weighted by atomic mass is 10.1. The summed E-state index contributed by atoms with van der Waals surface area (Å²) in [4.78, 5) is 2.12. The molecule has 1 unspecified atom stereocenters. The van der Waals surface area contributed by atoms with Gasteiger partial charge in [-0.05, 0) is 19.4 Å². The maximum absolute atomic E-state index is 8.56. The van der Waals surface area contributed by atoms with Gasteiger partial charge in [0.2, 0.25) is 0 Å². The van der Waals surface area contributed by atoms with Crippen LogP contribution in [0.1, 0.15) is 13.3 Å². The fraction of sp³-hybridized carbons (Fsp3) is 0.857. The van der Waals surface area contributed by atoms with Gasteiger partial charge in [0.1, 0.15) is 0 Å². The number of likely N-dealkylation sites (tertiary alicyclic amines) is 1. The molecule has 2 heteroatoms. The highest BCUT2D eigenvalue weighted by Gasteiger charge is 2.25. The lowest BCUT2D eigenvalue weighted by Gasteiger charge is -2.09. The zero-order chi connectivity index (χ0) is 6.85. The van der Waals surface area contributed by atoms with E-state index in [0.717, 1.165) is 13.0 Å². The van der Waals surface area contributed by atoms with Crippen molar-refractivity contribution in [2.45, 2.75) is 19.4 Å². The van der Waals surface area contributed by atoms with Crippen LogP contribution < -0.4 is 0 Å². The third-order valence-electron chi connectivity index (χ3n) is 1.91. The van der Waals surface area contributed by atoms with Gasteiger partial charge in [0.15, 0.2) is 0 Å². The van der Waals surface area contributed by atoms with E-state index in [-0.39, 0.29) is 6.04 Å². The van der Waals surface area contributed by atoms with E-state index in [1.807, 2.05) is 7.05 Å². The monoisotopic (exact) mass is 124 g/mol. The molecule has 0 aromatic rings. The van der Waals surface area contributed by atoms with Gasteiger partial charge in [-0.2, -0.15) is 5.26 Å². The Labute approximate surface area is 56.1 Å². The quantitative estimate of drug-likeness (QED) is 0.478. The van der Waals surface area contributed by atoms with E-state index in [0.29, 0.717) is 5.92 Å². The van der Waals surface area contributed by atoms with Crippen LogP contribution in [0.15, 0.2) is 0 Å². The normalized spacial score (nSPS) is 36.6. The molecule has 1 aliphatic rings. The Morgan fingerprint density at radius 3 is 2.56 bits per heavy atom. The second kappa shape index (κ2) is 2.36. The molecule has 2 atom stereocenters. The molecule has 1 rings (SSSR count). The lowest BCUT2D eigenvalue weighted by Crippen LogP contribution is -2.22. The van der Waals surface area contributed by atoms with E-state index in [9.17, 15) is 0 Å². The van der Waals surface area contributed by atoms with Crippen LogP contribution in [0, 0.1) is 17.2 Å². The first-order valence-corrected chi connectivity index (χ1v) is 3.34. The van der Waals surface area contributed by atoms with Gasteiger partial charge in [-0.3, -0.25) is 4.90 Å². The van der Waals surface area contributed by atoms with Gasteiger partial charge in [-0.1, -0.05) is 6.92 Å². The lowest BCUT2D eigenvalue weighted by molar-refractivity contribution is 0.356. The van der Waals surface area contributed by atoms with Crippen LogP contribution in [0.2, 0.25) is 0 Å². The van der Waals surface area contributed by atoms with Crippen molar-refractivity contribution in [1.29, 1.82) is 5.26 Å². The predicted molar refractivity (Wildman–Crippen MR) is 35.8 cm³/mol. The largest absolute Gasteiger partial charge is 0.291 e. The van der Waals surface area contributed by atoms with Gasteiger partial charge >= 0.3 is 0 Å². The zero-order valence-electron chi connectivity index (χ0n) is 5.96. The summed E-state index contributed by atoms with van der Waals surface area (Å²) >= 11 is 0. The molecule has 1 aliphatic heterocycles. The molecule has 2 nitrogen and oxygen atoms in total. The van der Waals surface area contributed by atoms with E-state index in [1.165, 1.54) is 0 Å². The summed E-state index contributed by atoms with van der Waals surface area (Å²) in [7, 11) is 2.01. The first-order chi connectivity index (χ1) is 4.24. The average Bonchev–Trinajstić information content (AvgIpc) is 2.10. The third kappa shape index (κ3) is 1.22. The highest BCUT2D eigenvalue weighted by atomic mass is 15.1. The molecule has 0 bridgehead atoms. The molecule has 1 fully saturated rings. The van der Waals surface area contributed by atoms with Crippen molar-refractivity contribution in [2.75, 3.05) is 13.6 Å². The summed E-state index contributed by atoms with van der Waals surface area (Å²) in [5, 5.41) is 8.56. The third-order valence-corrected chi connectivity index (χ3v) is 1.91. The highest BCUT2D eigenvalue weighted by Crippen LogP contribution is 2.19. The minimum Gasteiger partial charge on any atom is -0.291 e. The first-order valence-electron chi connectivity index (χ1n) is 3.34. The highest BCUT2D eigenvalue weighted by molar-refractivity contribution is 4.96. The zero-order valence-corrected chi connectivity index (χ0v) is 5.96. The molecule has 0 aromatic heterocycles. The summed E-state index contributed by atoms with van der Waals surface area (Å²) in [6.45, 7) is 3.27. The summed E-state index contributed by atoms with van der Waals surface area (Å²) in [6, 6.07) is 2.45. The minimum absolute atomic E-state index is 0.181. The summed E-state index contributed by atoms with van der Waals surface area (Å²) < 4.78 is 0. The van der Waals surface area contributed by atoms with Gasteiger partial charge < -0.3 is 0 Å². The van der Waals surface area contributed by atoms with E-state index >= 15 is 0 Å². The van der Waals surface area contributed by atoms with Gasteiger partial charge in [0, 0.05) is 6.54 Å². The Hall–Kier alpha value is -0.550. The Morgan fingerprint density at radius 2 is 2.33 bits per heavy atom. The smallest absolute Gasteiger partial charge is 0.0978 e. The van der Waals surface area contributed by atoms with E-state index in [1.54, 1.807) is 0 Å². The summed E-state index contributed by atoms with van der Waals surface area (Å²) in [5.41, 5.74) is 0. The number of hydrogen-bond donors (Lipinski definition) is 0. The average molecular weight is 124 g/mol. The van der Waals surface area contributed by atoms with Crippen molar-refractivity contribution < 1.29 is 0 Å². The van der Waals surface area contributed by atoms with Crippen molar-refractivity contribution in [3.05, 3.63) is 0 Å². The van der Waals surface area contributed by atoms with E-state index in [4.69, 9.17) is 5.26 Å². The molecule has 0 saturated carbocycles. The molecule has 1 saturated heterocycles. The number of hydrogen-bond acceptors (Lipinski definition) is 2. The Balaban J connectivity index is 2.50. The van der Waals surface area contributed by atoms with E-state index in [2.05, 4.69) is 17.9 Å². The summed E-state index contributed by atoms with van der Waals surface area (Å²) in [6.07, 6.45) is 1.05. The van der Waals surface area contributed by atoms with Crippen LogP contribution in [0.5, 0.6) is 0 Å². The van der Waals surface area contributed by atoms with Crippen LogP contribution in [0.3, 0.4) is 0 Å². The molecule has 0 N–H and O–H groups in total. The van der Waals surface area contributed by atoms with Crippen molar-refractivity contribution >= 4 is 0 Å². The van der Waals surface area contributed by atoms with Gasteiger partial charge in [-0.25, -0.2) is 0 Å². The predicted octanol–water partition coefficient (Wildman–Crippen LogP) is 0.850. The molecule has 9 heavy (non-hydrogen) atoms. The number of nitrogens with zero attached hydrogens (tertiary/aromatic N) is 2. The molecule has 0 spiro atoms. The van der Waals surface area contributed by atoms with Crippen molar-refractivity contribution in [3.8, 4) is 6.07 Å². The van der Waals surface area contributed by atoms with Gasteiger partial charge in [-0.15, -0.1) is 0 Å². The van der Waals surface area contributed by atoms with E-state index < -0.39 is 0 Å². The maximum Gasteiger partial charge on any atom is 0.0978 e. The fourth-order valence-corrected chi connectivity index (χ4v) is 1.41. The standard InChI is InChI=1S/C7H12N2/c1-6-3-7(4-8)9(2)5-6/h6-7H,3,5H2,1-2H3/t6?,7-/m0/s1. The molecule has 0 amide bonds. The van der Waals surface area contributed by atoms with Crippen LogP contribution in [0.25, 0.3) is 0 Å². The topological polar surface area (TPSA) is 27.0 Å². The Bertz CT molecular complexity index is 136. The molecule has 0 aromatic carbocycles.